The Morgan fingerprint density at radius 2 is 1.89 bits per heavy atom. The summed E-state index contributed by atoms with van der Waals surface area (Å²) in [5.41, 5.74) is 4.01. The number of nitrogens with one attached hydrogen (secondary N) is 2. The summed E-state index contributed by atoms with van der Waals surface area (Å²) in [6.07, 6.45) is 9.12. The molecule has 3 aliphatic rings. The Balaban J connectivity index is 1.21. The van der Waals surface area contributed by atoms with Gasteiger partial charge in [-0.15, -0.1) is 0 Å². The topological polar surface area (TPSA) is 43.5 Å². The van der Waals surface area contributed by atoms with Crippen molar-refractivity contribution in [2.45, 2.75) is 50.7 Å². The van der Waals surface area contributed by atoms with Crippen LogP contribution < -0.4 is 5.32 Å². The highest BCUT2D eigenvalue weighted by Crippen LogP contribution is 2.27. The number of aromatic amines is 1. The number of hydrogen-bond donors (Lipinski definition) is 2. The first-order valence-corrected chi connectivity index (χ1v) is 11.2. The van der Waals surface area contributed by atoms with Gasteiger partial charge in [0.15, 0.2) is 0 Å². The van der Waals surface area contributed by atoms with Gasteiger partial charge < -0.3 is 19.9 Å². The first kappa shape index (κ1) is 18.6. The molecular formula is C23H34N4O. The first-order valence-electron chi connectivity index (χ1n) is 11.2. The summed E-state index contributed by atoms with van der Waals surface area (Å²) in [5, 5.41) is 4.93. The number of fused-ring (bicyclic) bond motifs is 1. The second kappa shape index (κ2) is 8.54. The van der Waals surface area contributed by atoms with E-state index in [4.69, 9.17) is 4.74 Å². The van der Waals surface area contributed by atoms with Gasteiger partial charge in [-0.3, -0.25) is 4.90 Å². The van der Waals surface area contributed by atoms with Crippen molar-refractivity contribution in [2.24, 2.45) is 0 Å². The molecular weight excluding hydrogens is 348 g/mol. The fourth-order valence-corrected chi connectivity index (χ4v) is 5.30. The van der Waals surface area contributed by atoms with Gasteiger partial charge in [-0.25, -0.2) is 0 Å². The molecule has 1 atom stereocenters. The quantitative estimate of drug-likeness (QED) is 0.852. The number of likely N-dealkylation sites (tertiary alicyclic amines) is 2. The van der Waals surface area contributed by atoms with E-state index in [2.05, 4.69) is 44.5 Å². The van der Waals surface area contributed by atoms with E-state index in [1.165, 1.54) is 80.3 Å². The highest BCUT2D eigenvalue weighted by molar-refractivity contribution is 5.83. The zero-order chi connectivity index (χ0) is 18.8. The van der Waals surface area contributed by atoms with Crippen LogP contribution >= 0.6 is 0 Å². The number of aromatic nitrogens is 1. The van der Waals surface area contributed by atoms with Crippen molar-refractivity contribution in [3.05, 3.63) is 35.5 Å². The molecule has 2 N–H and O–H groups in total. The van der Waals surface area contributed by atoms with Crippen molar-refractivity contribution in [3.63, 3.8) is 0 Å². The minimum atomic E-state index is 0.318. The summed E-state index contributed by atoms with van der Waals surface area (Å²) in [6.45, 7) is 8.71. The summed E-state index contributed by atoms with van der Waals surface area (Å²) in [5.74, 6) is 0. The molecule has 1 aromatic carbocycles. The second-order valence-corrected chi connectivity index (χ2v) is 8.80. The minimum absolute atomic E-state index is 0.318. The van der Waals surface area contributed by atoms with E-state index in [0.29, 0.717) is 6.04 Å². The predicted octanol–water partition coefficient (Wildman–Crippen LogP) is 3.28. The van der Waals surface area contributed by atoms with E-state index >= 15 is 0 Å². The molecule has 1 unspecified atom stereocenters. The molecule has 0 radical (unpaired) electrons. The van der Waals surface area contributed by atoms with Crippen LogP contribution in [0.25, 0.3) is 10.9 Å². The van der Waals surface area contributed by atoms with Gasteiger partial charge in [0.05, 0.1) is 19.3 Å². The summed E-state index contributed by atoms with van der Waals surface area (Å²) in [6, 6.07) is 8.02. The maximum Gasteiger partial charge on any atom is 0.0662 e. The van der Waals surface area contributed by atoms with Gasteiger partial charge in [0.25, 0.3) is 0 Å². The molecule has 5 heteroatoms. The molecule has 1 aromatic heterocycles. The third-order valence-electron chi connectivity index (χ3n) is 6.97. The fourth-order valence-electron chi connectivity index (χ4n) is 5.30. The lowest BCUT2D eigenvalue weighted by Crippen LogP contribution is -2.46. The molecule has 152 valence electrons. The van der Waals surface area contributed by atoms with Crippen LogP contribution in [0.4, 0.5) is 0 Å². The SMILES string of the molecule is c1cc2c(CN3CCC(N4CCCCC4)CC3)c[nH]c2cc1C1COCCN1. The van der Waals surface area contributed by atoms with Gasteiger partial charge in [-0.1, -0.05) is 18.6 Å². The number of hydrogen-bond acceptors (Lipinski definition) is 4. The lowest BCUT2D eigenvalue weighted by atomic mass is 9.99. The van der Waals surface area contributed by atoms with Crippen LogP contribution in [0.2, 0.25) is 0 Å². The number of nitrogens with zero attached hydrogens (tertiary/aromatic N) is 2. The second-order valence-electron chi connectivity index (χ2n) is 8.80. The van der Waals surface area contributed by atoms with Crippen molar-refractivity contribution in [2.75, 3.05) is 45.9 Å². The third-order valence-corrected chi connectivity index (χ3v) is 6.97. The number of morpholine rings is 1. The van der Waals surface area contributed by atoms with Crippen molar-refractivity contribution in [1.29, 1.82) is 0 Å². The maximum absolute atomic E-state index is 5.62. The van der Waals surface area contributed by atoms with Crippen LogP contribution in [0.5, 0.6) is 0 Å². The molecule has 0 bridgehead atoms. The molecule has 3 fully saturated rings. The Bertz CT molecular complexity index is 768. The number of piperidine rings is 2. The predicted molar refractivity (Wildman–Crippen MR) is 114 cm³/mol. The normalized spacial score (nSPS) is 26.1. The zero-order valence-electron chi connectivity index (χ0n) is 17.0. The Morgan fingerprint density at radius 1 is 1.04 bits per heavy atom. The molecule has 0 saturated carbocycles. The molecule has 28 heavy (non-hydrogen) atoms. The average Bonchev–Trinajstić information content (AvgIpc) is 3.17. The largest absolute Gasteiger partial charge is 0.378 e. The fraction of sp³-hybridized carbons (Fsp3) is 0.652. The monoisotopic (exact) mass is 382 g/mol. The Labute approximate surface area is 168 Å². The molecule has 3 saturated heterocycles. The molecule has 0 spiro atoms. The molecule has 2 aromatic rings. The van der Waals surface area contributed by atoms with Crippen LogP contribution in [-0.2, 0) is 11.3 Å². The van der Waals surface area contributed by atoms with Gasteiger partial charge in [0.2, 0.25) is 0 Å². The van der Waals surface area contributed by atoms with Crippen LogP contribution in [0.15, 0.2) is 24.4 Å². The average molecular weight is 383 g/mol. The Morgan fingerprint density at radius 3 is 2.68 bits per heavy atom. The van der Waals surface area contributed by atoms with Crippen LogP contribution in [0.3, 0.4) is 0 Å². The van der Waals surface area contributed by atoms with Crippen LogP contribution in [0.1, 0.15) is 49.3 Å². The first-order chi connectivity index (χ1) is 13.9. The van der Waals surface area contributed by atoms with Gasteiger partial charge in [-0.05, 0) is 69.1 Å². The Kier molecular flexibility index (Phi) is 5.68. The highest BCUT2D eigenvalue weighted by Gasteiger charge is 2.26. The summed E-state index contributed by atoms with van der Waals surface area (Å²) in [4.78, 5) is 8.92. The molecule has 0 aliphatic carbocycles. The van der Waals surface area contributed by atoms with Crippen molar-refractivity contribution >= 4 is 10.9 Å². The lowest BCUT2D eigenvalue weighted by Gasteiger charge is -2.40. The van der Waals surface area contributed by atoms with Gasteiger partial charge >= 0.3 is 0 Å². The smallest absolute Gasteiger partial charge is 0.0662 e. The van der Waals surface area contributed by atoms with Gasteiger partial charge in [-0.2, -0.15) is 0 Å². The van der Waals surface area contributed by atoms with E-state index in [9.17, 15) is 0 Å². The minimum Gasteiger partial charge on any atom is -0.378 e. The van der Waals surface area contributed by atoms with E-state index in [1.54, 1.807) is 0 Å². The van der Waals surface area contributed by atoms with E-state index in [0.717, 1.165) is 32.3 Å². The third kappa shape index (κ3) is 3.99. The molecule has 5 rings (SSSR count). The standard InChI is InChI=1S/C23H34N4O/c1-2-9-27(10-3-1)20-6-11-26(12-7-20)16-19-15-25-22-14-18(4-5-21(19)22)23-17-28-13-8-24-23/h4-5,14-15,20,23-25H,1-3,6-13,16-17H2. The van der Waals surface area contributed by atoms with Crippen molar-refractivity contribution < 1.29 is 4.74 Å². The number of benzene rings is 1. The number of H-pyrrole nitrogens is 1. The number of ether oxygens (including phenoxy) is 1. The van der Waals surface area contributed by atoms with Crippen molar-refractivity contribution in [1.82, 2.24) is 20.1 Å². The Hall–Kier alpha value is -1.40. The van der Waals surface area contributed by atoms with Crippen LogP contribution in [-0.4, -0.2) is 66.8 Å². The maximum atomic E-state index is 5.62. The molecule has 0 amide bonds. The van der Waals surface area contributed by atoms with E-state index in [1.807, 2.05) is 0 Å². The lowest BCUT2D eigenvalue weighted by molar-refractivity contribution is 0.0769. The van der Waals surface area contributed by atoms with Crippen molar-refractivity contribution in [3.8, 4) is 0 Å². The van der Waals surface area contributed by atoms with Gasteiger partial charge in [0, 0.05) is 36.2 Å². The van der Waals surface area contributed by atoms with Crippen LogP contribution in [0, 0.1) is 0 Å². The molecule has 3 aliphatic heterocycles. The summed E-state index contributed by atoms with van der Waals surface area (Å²) < 4.78 is 5.62. The zero-order valence-corrected chi connectivity index (χ0v) is 17.0. The molecule has 5 nitrogen and oxygen atoms in total. The molecule has 4 heterocycles. The highest BCUT2D eigenvalue weighted by atomic mass is 16.5. The van der Waals surface area contributed by atoms with E-state index < -0.39 is 0 Å². The summed E-state index contributed by atoms with van der Waals surface area (Å²) >= 11 is 0. The number of rotatable bonds is 4. The summed E-state index contributed by atoms with van der Waals surface area (Å²) in [7, 11) is 0. The van der Waals surface area contributed by atoms with E-state index in [-0.39, 0.29) is 0 Å². The van der Waals surface area contributed by atoms with Gasteiger partial charge in [0.1, 0.15) is 0 Å².